The standard InChI is InChI=1S/C11H19F2NO/c12-11(13)3-2-10(8-11)9-14-4-1-6-15-7-5-14/h10H,1-9H2. The molecule has 1 saturated heterocycles. The molecule has 0 bridgehead atoms. The van der Waals surface area contributed by atoms with Crippen LogP contribution in [0.3, 0.4) is 0 Å². The number of halogens is 2. The van der Waals surface area contributed by atoms with E-state index in [0.717, 1.165) is 39.3 Å². The van der Waals surface area contributed by atoms with E-state index >= 15 is 0 Å². The molecule has 0 N–H and O–H groups in total. The van der Waals surface area contributed by atoms with E-state index in [1.807, 2.05) is 0 Å². The Balaban J connectivity index is 1.76. The first-order valence-corrected chi connectivity index (χ1v) is 5.84. The summed E-state index contributed by atoms with van der Waals surface area (Å²) in [7, 11) is 0. The minimum Gasteiger partial charge on any atom is -0.380 e. The first-order chi connectivity index (χ1) is 7.16. The molecule has 88 valence electrons. The summed E-state index contributed by atoms with van der Waals surface area (Å²) in [5.74, 6) is -2.20. The molecule has 15 heavy (non-hydrogen) atoms. The summed E-state index contributed by atoms with van der Waals surface area (Å²) in [6.45, 7) is 4.31. The van der Waals surface area contributed by atoms with Crippen molar-refractivity contribution in [2.45, 2.75) is 31.6 Å². The van der Waals surface area contributed by atoms with Crippen LogP contribution in [-0.4, -0.2) is 43.7 Å². The van der Waals surface area contributed by atoms with Crippen molar-refractivity contribution in [2.75, 3.05) is 32.8 Å². The first-order valence-electron chi connectivity index (χ1n) is 5.84. The number of hydrogen-bond acceptors (Lipinski definition) is 2. The molecule has 0 amide bonds. The molecule has 1 aliphatic carbocycles. The number of ether oxygens (including phenoxy) is 1. The summed E-state index contributed by atoms with van der Waals surface area (Å²) >= 11 is 0. The summed E-state index contributed by atoms with van der Waals surface area (Å²) < 4.78 is 31.3. The van der Waals surface area contributed by atoms with Crippen LogP contribution in [0.1, 0.15) is 25.7 Å². The van der Waals surface area contributed by atoms with E-state index in [4.69, 9.17) is 4.74 Å². The Kier molecular flexibility index (Phi) is 3.57. The molecule has 0 aromatic heterocycles. The van der Waals surface area contributed by atoms with Gasteiger partial charge in [0.1, 0.15) is 0 Å². The van der Waals surface area contributed by atoms with Gasteiger partial charge in [0.05, 0.1) is 6.61 Å². The average Bonchev–Trinajstić information content (AvgIpc) is 2.41. The highest BCUT2D eigenvalue weighted by Crippen LogP contribution is 2.39. The van der Waals surface area contributed by atoms with Crippen LogP contribution in [0.4, 0.5) is 8.78 Å². The van der Waals surface area contributed by atoms with Crippen molar-refractivity contribution in [1.29, 1.82) is 0 Å². The summed E-state index contributed by atoms with van der Waals surface area (Å²) in [4.78, 5) is 2.28. The Hall–Kier alpha value is -0.220. The predicted octanol–water partition coefficient (Wildman–Crippen LogP) is 2.14. The van der Waals surface area contributed by atoms with E-state index in [0.29, 0.717) is 6.42 Å². The van der Waals surface area contributed by atoms with Crippen molar-refractivity contribution in [3.8, 4) is 0 Å². The molecule has 1 atom stereocenters. The molecular formula is C11H19F2NO. The quantitative estimate of drug-likeness (QED) is 0.705. The molecule has 2 rings (SSSR count). The fraction of sp³-hybridized carbons (Fsp3) is 1.00. The summed E-state index contributed by atoms with van der Waals surface area (Å²) in [5, 5.41) is 0. The Labute approximate surface area is 89.6 Å². The van der Waals surface area contributed by atoms with Gasteiger partial charge in [-0.25, -0.2) is 8.78 Å². The van der Waals surface area contributed by atoms with Crippen molar-refractivity contribution in [1.82, 2.24) is 4.90 Å². The molecule has 2 fully saturated rings. The highest BCUT2D eigenvalue weighted by Gasteiger charge is 2.39. The van der Waals surface area contributed by atoms with Crippen LogP contribution in [0.5, 0.6) is 0 Å². The highest BCUT2D eigenvalue weighted by molar-refractivity contribution is 4.83. The van der Waals surface area contributed by atoms with Gasteiger partial charge in [-0.2, -0.15) is 0 Å². The fourth-order valence-corrected chi connectivity index (χ4v) is 2.54. The summed E-state index contributed by atoms with van der Waals surface area (Å²) in [6, 6.07) is 0. The molecule has 2 aliphatic rings. The zero-order chi connectivity index (χ0) is 10.7. The van der Waals surface area contributed by atoms with Crippen LogP contribution in [0.2, 0.25) is 0 Å². The second-order valence-corrected chi connectivity index (χ2v) is 4.73. The lowest BCUT2D eigenvalue weighted by molar-refractivity contribution is 0.00343. The maximum atomic E-state index is 13.0. The topological polar surface area (TPSA) is 12.5 Å². The average molecular weight is 219 g/mol. The zero-order valence-electron chi connectivity index (χ0n) is 9.05. The highest BCUT2D eigenvalue weighted by atomic mass is 19.3. The molecule has 1 aliphatic heterocycles. The minimum absolute atomic E-state index is 0.0853. The number of alkyl halides is 2. The molecule has 1 saturated carbocycles. The van der Waals surface area contributed by atoms with E-state index in [1.54, 1.807) is 0 Å². The number of hydrogen-bond donors (Lipinski definition) is 0. The molecule has 2 nitrogen and oxygen atoms in total. The van der Waals surface area contributed by atoms with Gasteiger partial charge in [0.15, 0.2) is 0 Å². The maximum Gasteiger partial charge on any atom is 0.248 e. The zero-order valence-corrected chi connectivity index (χ0v) is 9.05. The third-order valence-corrected chi connectivity index (χ3v) is 3.34. The summed E-state index contributed by atoms with van der Waals surface area (Å²) in [6.07, 6.45) is 1.89. The van der Waals surface area contributed by atoms with Crippen LogP contribution in [0, 0.1) is 5.92 Å². The molecule has 1 heterocycles. The lowest BCUT2D eigenvalue weighted by Crippen LogP contribution is -2.31. The number of rotatable bonds is 2. The normalized spacial score (nSPS) is 32.8. The van der Waals surface area contributed by atoms with Gasteiger partial charge in [-0.15, -0.1) is 0 Å². The Morgan fingerprint density at radius 3 is 2.87 bits per heavy atom. The second-order valence-electron chi connectivity index (χ2n) is 4.73. The molecule has 0 aromatic rings. The van der Waals surface area contributed by atoms with Gasteiger partial charge < -0.3 is 9.64 Å². The van der Waals surface area contributed by atoms with Crippen molar-refractivity contribution in [3.05, 3.63) is 0 Å². The lowest BCUT2D eigenvalue weighted by Gasteiger charge is -2.22. The fourth-order valence-electron chi connectivity index (χ4n) is 2.54. The Morgan fingerprint density at radius 1 is 1.27 bits per heavy atom. The largest absolute Gasteiger partial charge is 0.380 e. The van der Waals surface area contributed by atoms with Crippen molar-refractivity contribution < 1.29 is 13.5 Å². The smallest absolute Gasteiger partial charge is 0.248 e. The molecule has 0 spiro atoms. The van der Waals surface area contributed by atoms with Gasteiger partial charge in [-0.1, -0.05) is 0 Å². The number of nitrogens with zero attached hydrogens (tertiary/aromatic N) is 1. The molecule has 0 aromatic carbocycles. The van der Waals surface area contributed by atoms with E-state index in [1.165, 1.54) is 0 Å². The van der Waals surface area contributed by atoms with Crippen LogP contribution < -0.4 is 0 Å². The second kappa shape index (κ2) is 4.74. The van der Waals surface area contributed by atoms with Crippen molar-refractivity contribution >= 4 is 0 Å². The van der Waals surface area contributed by atoms with E-state index < -0.39 is 5.92 Å². The maximum absolute atomic E-state index is 13.0. The van der Waals surface area contributed by atoms with Gasteiger partial charge in [-0.3, -0.25) is 0 Å². The van der Waals surface area contributed by atoms with Crippen LogP contribution in [0.25, 0.3) is 0 Å². The molecular weight excluding hydrogens is 200 g/mol. The van der Waals surface area contributed by atoms with Gasteiger partial charge in [-0.05, 0) is 18.8 Å². The molecule has 4 heteroatoms. The molecule has 0 radical (unpaired) electrons. The van der Waals surface area contributed by atoms with Crippen LogP contribution in [-0.2, 0) is 4.74 Å². The van der Waals surface area contributed by atoms with Gasteiger partial charge in [0.2, 0.25) is 5.92 Å². The summed E-state index contributed by atoms with van der Waals surface area (Å²) in [5.41, 5.74) is 0. The van der Waals surface area contributed by atoms with E-state index in [9.17, 15) is 8.78 Å². The molecule has 1 unspecified atom stereocenters. The SMILES string of the molecule is FC1(F)CCC(CN2CCCOCC2)C1. The Bertz CT molecular complexity index is 200. The van der Waals surface area contributed by atoms with Crippen LogP contribution in [0.15, 0.2) is 0 Å². The monoisotopic (exact) mass is 219 g/mol. The predicted molar refractivity (Wildman–Crippen MR) is 54.2 cm³/mol. The minimum atomic E-state index is -2.40. The van der Waals surface area contributed by atoms with E-state index in [-0.39, 0.29) is 18.8 Å². The van der Waals surface area contributed by atoms with Crippen molar-refractivity contribution in [3.63, 3.8) is 0 Å². The Morgan fingerprint density at radius 2 is 2.13 bits per heavy atom. The van der Waals surface area contributed by atoms with Gasteiger partial charge in [0.25, 0.3) is 0 Å². The van der Waals surface area contributed by atoms with Crippen molar-refractivity contribution in [2.24, 2.45) is 5.92 Å². The van der Waals surface area contributed by atoms with Gasteiger partial charge in [0, 0.05) is 39.1 Å². The third kappa shape index (κ3) is 3.38. The first kappa shape index (κ1) is 11.3. The third-order valence-electron chi connectivity index (χ3n) is 3.34. The van der Waals surface area contributed by atoms with Crippen LogP contribution >= 0.6 is 0 Å². The van der Waals surface area contributed by atoms with E-state index in [2.05, 4.69) is 4.90 Å². The van der Waals surface area contributed by atoms with Gasteiger partial charge >= 0.3 is 0 Å². The lowest BCUT2D eigenvalue weighted by atomic mass is 10.1.